The van der Waals surface area contributed by atoms with E-state index in [9.17, 15) is 19.2 Å². The van der Waals surface area contributed by atoms with E-state index in [-0.39, 0.29) is 25.3 Å². The summed E-state index contributed by atoms with van der Waals surface area (Å²) >= 11 is 0. The molecule has 0 atom stereocenters. The maximum Gasteiger partial charge on any atom is 0.321 e. The number of carboxylic acids is 1. The van der Waals surface area contributed by atoms with Crippen LogP contribution in [0.1, 0.15) is 25.7 Å². The van der Waals surface area contributed by atoms with Crippen LogP contribution in [0, 0.1) is 0 Å². The number of unbranched alkanes of at least 4 members (excludes halogenated alkanes) is 1. The maximum absolute atomic E-state index is 11.3. The molecular formula is C11H19N3O5. The van der Waals surface area contributed by atoms with E-state index >= 15 is 0 Å². The molecule has 0 aliphatic rings. The van der Waals surface area contributed by atoms with E-state index in [0.29, 0.717) is 12.8 Å². The van der Waals surface area contributed by atoms with Crippen LogP contribution in [0.4, 0.5) is 4.79 Å². The fourth-order valence-corrected chi connectivity index (χ4v) is 1.11. The number of likely N-dealkylation sites (N-methyl/N-ethyl adjacent to an activating group) is 1. The lowest BCUT2D eigenvalue weighted by Gasteiger charge is -2.11. The quantitative estimate of drug-likeness (QED) is 0.543. The molecule has 0 radical (unpaired) electrons. The largest absolute Gasteiger partial charge is 0.481 e. The zero-order valence-electron chi connectivity index (χ0n) is 11.1. The second-order valence-electron chi connectivity index (χ2n) is 4.12. The lowest BCUT2D eigenvalue weighted by Crippen LogP contribution is -2.43. The van der Waals surface area contributed by atoms with Crippen molar-refractivity contribution in [3.8, 4) is 0 Å². The van der Waals surface area contributed by atoms with Crippen molar-refractivity contribution in [3.05, 3.63) is 0 Å². The average molecular weight is 273 g/mol. The minimum absolute atomic E-state index is 0.00316. The molecule has 0 rings (SSSR count). The first kappa shape index (κ1) is 16.9. The Bertz CT molecular complexity index is 354. The molecule has 4 amide bonds. The van der Waals surface area contributed by atoms with E-state index in [2.05, 4.69) is 10.6 Å². The van der Waals surface area contributed by atoms with Crippen molar-refractivity contribution in [3.63, 3.8) is 0 Å². The molecule has 8 nitrogen and oxygen atoms in total. The number of nitrogens with one attached hydrogen (secondary N) is 2. The number of carbonyl (C=O) groups is 4. The summed E-state index contributed by atoms with van der Waals surface area (Å²) < 4.78 is 0. The highest BCUT2D eigenvalue weighted by Gasteiger charge is 2.10. The smallest absolute Gasteiger partial charge is 0.321 e. The first-order valence-electron chi connectivity index (χ1n) is 5.82. The molecular weight excluding hydrogens is 254 g/mol. The summed E-state index contributed by atoms with van der Waals surface area (Å²) in [4.78, 5) is 45.2. The van der Waals surface area contributed by atoms with Crippen molar-refractivity contribution in [1.82, 2.24) is 15.5 Å². The van der Waals surface area contributed by atoms with Crippen LogP contribution in [-0.4, -0.2) is 54.5 Å². The van der Waals surface area contributed by atoms with Gasteiger partial charge in [-0.1, -0.05) is 0 Å². The number of aliphatic carboxylic acids is 1. The van der Waals surface area contributed by atoms with Crippen molar-refractivity contribution in [2.75, 3.05) is 20.6 Å². The van der Waals surface area contributed by atoms with Crippen molar-refractivity contribution >= 4 is 23.8 Å². The Labute approximate surface area is 111 Å². The van der Waals surface area contributed by atoms with Crippen LogP contribution in [0.15, 0.2) is 0 Å². The van der Waals surface area contributed by atoms with E-state index in [0.717, 1.165) is 0 Å². The standard InChI is InChI=1S/C11H19N3O5/c1-14(2)9(16)7-12-11(19)13-8(15)5-3-4-6-10(17)18/h3-7H2,1-2H3,(H,17,18)(H2,12,13,15,19). The Hall–Kier alpha value is -2.12. The molecule has 0 saturated carbocycles. The summed E-state index contributed by atoms with van der Waals surface area (Å²) in [7, 11) is 3.10. The molecule has 0 fully saturated rings. The monoisotopic (exact) mass is 273 g/mol. The minimum Gasteiger partial charge on any atom is -0.481 e. The Balaban J connectivity index is 3.72. The third-order valence-corrected chi connectivity index (χ3v) is 2.20. The molecule has 0 heterocycles. The topological polar surface area (TPSA) is 116 Å². The number of nitrogens with zero attached hydrogens (tertiary/aromatic N) is 1. The summed E-state index contributed by atoms with van der Waals surface area (Å²) in [6.07, 6.45) is 0.838. The van der Waals surface area contributed by atoms with E-state index in [1.165, 1.54) is 4.90 Å². The SMILES string of the molecule is CN(C)C(=O)CNC(=O)NC(=O)CCCCC(=O)O. The van der Waals surface area contributed by atoms with E-state index in [4.69, 9.17) is 5.11 Å². The zero-order chi connectivity index (χ0) is 14.8. The van der Waals surface area contributed by atoms with Gasteiger partial charge < -0.3 is 15.3 Å². The summed E-state index contributed by atoms with van der Waals surface area (Å²) in [5.74, 6) is -1.70. The molecule has 0 saturated heterocycles. The Morgan fingerprint density at radius 3 is 2.16 bits per heavy atom. The lowest BCUT2D eigenvalue weighted by molar-refractivity contribution is -0.137. The number of carbonyl (C=O) groups excluding carboxylic acids is 3. The highest BCUT2D eigenvalue weighted by Crippen LogP contribution is 1.99. The van der Waals surface area contributed by atoms with Crippen molar-refractivity contribution in [1.29, 1.82) is 0 Å². The normalized spacial score (nSPS) is 9.58. The first-order chi connectivity index (χ1) is 8.82. The van der Waals surface area contributed by atoms with Crippen molar-refractivity contribution in [2.24, 2.45) is 0 Å². The number of rotatable bonds is 7. The van der Waals surface area contributed by atoms with Crippen molar-refractivity contribution in [2.45, 2.75) is 25.7 Å². The fourth-order valence-electron chi connectivity index (χ4n) is 1.11. The van der Waals surface area contributed by atoms with Crippen LogP contribution >= 0.6 is 0 Å². The molecule has 3 N–H and O–H groups in total. The number of imide groups is 1. The van der Waals surface area contributed by atoms with Gasteiger partial charge in [0.15, 0.2) is 0 Å². The third-order valence-electron chi connectivity index (χ3n) is 2.20. The molecule has 0 aliphatic carbocycles. The van der Waals surface area contributed by atoms with E-state index in [1.807, 2.05) is 0 Å². The van der Waals surface area contributed by atoms with Gasteiger partial charge in [0.1, 0.15) is 0 Å². The number of urea groups is 1. The third kappa shape index (κ3) is 9.57. The Morgan fingerprint density at radius 2 is 1.63 bits per heavy atom. The van der Waals surface area contributed by atoms with E-state index in [1.54, 1.807) is 14.1 Å². The number of hydrogen-bond acceptors (Lipinski definition) is 4. The fraction of sp³-hybridized carbons (Fsp3) is 0.636. The second-order valence-corrected chi connectivity index (χ2v) is 4.12. The molecule has 0 aromatic heterocycles. The predicted molar refractivity (Wildman–Crippen MR) is 66.3 cm³/mol. The number of amides is 4. The van der Waals surface area contributed by atoms with E-state index < -0.39 is 17.9 Å². The molecule has 8 heteroatoms. The second kappa shape index (κ2) is 8.90. The van der Waals surface area contributed by atoms with Gasteiger partial charge in [0.05, 0.1) is 6.54 Å². The average Bonchev–Trinajstić information content (AvgIpc) is 2.31. The minimum atomic E-state index is -0.916. The van der Waals surface area contributed by atoms with Gasteiger partial charge in [0.2, 0.25) is 11.8 Å². The molecule has 0 aliphatic heterocycles. The highest BCUT2D eigenvalue weighted by molar-refractivity contribution is 5.95. The van der Waals surface area contributed by atoms with Gasteiger partial charge in [-0.25, -0.2) is 4.79 Å². The Kier molecular flexibility index (Phi) is 7.90. The highest BCUT2D eigenvalue weighted by atomic mass is 16.4. The molecule has 19 heavy (non-hydrogen) atoms. The van der Waals surface area contributed by atoms with Crippen LogP contribution in [0.5, 0.6) is 0 Å². The molecule has 0 unspecified atom stereocenters. The molecule has 0 aromatic carbocycles. The summed E-state index contributed by atoms with van der Waals surface area (Å²) in [6.45, 7) is -0.189. The summed E-state index contributed by atoms with van der Waals surface area (Å²) in [5, 5.41) is 12.7. The van der Waals surface area contributed by atoms with Gasteiger partial charge in [-0.15, -0.1) is 0 Å². The zero-order valence-corrected chi connectivity index (χ0v) is 11.1. The van der Waals surface area contributed by atoms with Gasteiger partial charge in [0.25, 0.3) is 0 Å². The first-order valence-corrected chi connectivity index (χ1v) is 5.82. The van der Waals surface area contributed by atoms with Crippen molar-refractivity contribution < 1.29 is 24.3 Å². The number of carboxylic acid groups (broad SMARTS) is 1. The van der Waals surface area contributed by atoms with Gasteiger partial charge in [-0.2, -0.15) is 0 Å². The molecule has 0 aromatic rings. The number of hydrogen-bond donors (Lipinski definition) is 3. The van der Waals surface area contributed by atoms with Crippen LogP contribution in [-0.2, 0) is 14.4 Å². The summed E-state index contributed by atoms with van der Waals surface area (Å²) in [6, 6.07) is -0.738. The van der Waals surface area contributed by atoms with Gasteiger partial charge in [-0.3, -0.25) is 19.7 Å². The lowest BCUT2D eigenvalue weighted by atomic mass is 10.2. The van der Waals surface area contributed by atoms with Gasteiger partial charge >= 0.3 is 12.0 Å². The van der Waals surface area contributed by atoms with Gasteiger partial charge in [-0.05, 0) is 12.8 Å². The van der Waals surface area contributed by atoms with Crippen LogP contribution in [0.2, 0.25) is 0 Å². The van der Waals surface area contributed by atoms with Crippen LogP contribution < -0.4 is 10.6 Å². The summed E-state index contributed by atoms with van der Waals surface area (Å²) in [5.41, 5.74) is 0. The predicted octanol–water partition coefficient (Wildman–Crippen LogP) is -0.455. The Morgan fingerprint density at radius 1 is 1.05 bits per heavy atom. The molecule has 108 valence electrons. The van der Waals surface area contributed by atoms with Crippen LogP contribution in [0.3, 0.4) is 0 Å². The molecule has 0 spiro atoms. The molecule has 0 bridgehead atoms. The van der Waals surface area contributed by atoms with Gasteiger partial charge in [0, 0.05) is 26.9 Å². The maximum atomic E-state index is 11.3. The van der Waals surface area contributed by atoms with Crippen LogP contribution in [0.25, 0.3) is 0 Å².